The van der Waals surface area contributed by atoms with Crippen LogP contribution in [0.4, 0.5) is 0 Å². The van der Waals surface area contributed by atoms with Gasteiger partial charge < -0.3 is 9.84 Å². The van der Waals surface area contributed by atoms with E-state index in [1.807, 2.05) is 0 Å². The summed E-state index contributed by atoms with van der Waals surface area (Å²) in [6.45, 7) is 6.26. The number of rotatable bonds is 3. The average molecular weight is 455 g/mol. The maximum absolute atomic E-state index is 12.6. The highest BCUT2D eigenvalue weighted by Gasteiger charge is 2.63. The minimum absolute atomic E-state index is 0.0875. The van der Waals surface area contributed by atoms with Crippen LogP contribution in [0, 0.1) is 40.4 Å². The van der Waals surface area contributed by atoms with Gasteiger partial charge >= 0.3 is 5.97 Å². The van der Waals surface area contributed by atoms with Gasteiger partial charge in [-0.15, -0.1) is 0 Å². The van der Waals surface area contributed by atoms with Crippen LogP contribution < -0.4 is 0 Å². The molecule has 4 fully saturated rings. The van der Waals surface area contributed by atoms with Crippen molar-refractivity contribution in [3.05, 3.63) is 0 Å². The number of aliphatic hydroxyl groups is 1. The summed E-state index contributed by atoms with van der Waals surface area (Å²) in [5, 5.41) is 10.8. The lowest BCUT2D eigenvalue weighted by molar-refractivity contribution is -0.191. The van der Waals surface area contributed by atoms with E-state index in [9.17, 15) is 14.7 Å². The third-order valence-corrected chi connectivity index (χ3v) is 10.0. The van der Waals surface area contributed by atoms with E-state index in [1.54, 1.807) is 0 Å². The summed E-state index contributed by atoms with van der Waals surface area (Å²) in [6, 6.07) is 0. The first-order valence-corrected chi connectivity index (χ1v) is 12.3. The third-order valence-electron chi connectivity index (χ3n) is 9.46. The molecule has 4 aliphatic carbocycles. The van der Waals surface area contributed by atoms with Crippen LogP contribution in [0.1, 0.15) is 72.1 Å². The van der Waals surface area contributed by atoms with Crippen molar-refractivity contribution >= 4 is 27.7 Å². The summed E-state index contributed by atoms with van der Waals surface area (Å²) in [5.41, 5.74) is 0.214. The number of fused-ring (bicyclic) bond motifs is 5. The Hall–Kier alpha value is -0.420. The normalized spacial score (nSPS) is 50.2. The zero-order valence-electron chi connectivity index (χ0n) is 17.5. The number of Topliss-reactive ketones (excluding diaryl/α,β-unsaturated/α-hetero) is 1. The number of ether oxygens (including phenoxy) is 1. The molecule has 0 bridgehead atoms. The van der Waals surface area contributed by atoms with Gasteiger partial charge in [0.05, 0.1) is 11.4 Å². The molecule has 28 heavy (non-hydrogen) atoms. The van der Waals surface area contributed by atoms with Crippen molar-refractivity contribution in [2.75, 3.05) is 5.33 Å². The summed E-state index contributed by atoms with van der Waals surface area (Å²) in [5.74, 6) is 2.27. The van der Waals surface area contributed by atoms with Gasteiger partial charge in [0, 0.05) is 18.8 Å². The Morgan fingerprint density at radius 3 is 2.36 bits per heavy atom. The molecule has 9 atom stereocenters. The maximum atomic E-state index is 12.6. The second-order valence-electron chi connectivity index (χ2n) is 10.6. The molecular formula is C23H35BrO4. The van der Waals surface area contributed by atoms with Gasteiger partial charge in [-0.25, -0.2) is 0 Å². The second kappa shape index (κ2) is 7.37. The molecular weight excluding hydrogens is 420 g/mol. The van der Waals surface area contributed by atoms with E-state index in [0.29, 0.717) is 28.9 Å². The first-order chi connectivity index (χ1) is 13.2. The molecule has 0 aromatic heterocycles. The number of hydrogen-bond acceptors (Lipinski definition) is 4. The fourth-order valence-corrected chi connectivity index (χ4v) is 8.60. The lowest BCUT2D eigenvalue weighted by atomic mass is 9.44. The third kappa shape index (κ3) is 3.10. The predicted octanol–water partition coefficient (Wildman–Crippen LogP) is 4.51. The Kier molecular flexibility index (Phi) is 5.48. The standard InChI is InChI=1S/C23H35BrO4/c1-13(25)28-21-11-15-16-4-5-18(20(27)12-24)22(16,2)9-7-17(15)23(3)8-6-14(26)10-19(21)23/h14-19,21,26H,4-12H2,1-3H3. The highest BCUT2D eigenvalue weighted by atomic mass is 79.9. The Morgan fingerprint density at radius 1 is 1.00 bits per heavy atom. The summed E-state index contributed by atoms with van der Waals surface area (Å²) < 4.78 is 5.88. The Morgan fingerprint density at radius 2 is 1.68 bits per heavy atom. The fraction of sp³-hybridized carbons (Fsp3) is 0.913. The van der Waals surface area contributed by atoms with Crippen molar-refractivity contribution in [2.24, 2.45) is 40.4 Å². The van der Waals surface area contributed by atoms with Crippen molar-refractivity contribution in [3.63, 3.8) is 0 Å². The number of esters is 1. The molecule has 0 aromatic carbocycles. The summed E-state index contributed by atoms with van der Waals surface area (Å²) in [4.78, 5) is 24.5. The number of carbonyl (C=O) groups excluding carboxylic acids is 2. The first-order valence-electron chi connectivity index (χ1n) is 11.1. The Labute approximate surface area is 177 Å². The van der Waals surface area contributed by atoms with Crippen molar-refractivity contribution in [2.45, 2.75) is 84.3 Å². The quantitative estimate of drug-likeness (QED) is 0.503. The number of halogens is 1. The van der Waals surface area contributed by atoms with Gasteiger partial charge in [0.1, 0.15) is 11.9 Å². The second-order valence-corrected chi connectivity index (χ2v) is 11.1. The van der Waals surface area contributed by atoms with E-state index in [-0.39, 0.29) is 40.8 Å². The lowest BCUT2D eigenvalue weighted by Gasteiger charge is -2.62. The van der Waals surface area contributed by atoms with Crippen LogP contribution >= 0.6 is 15.9 Å². The van der Waals surface area contributed by atoms with Gasteiger partial charge in [-0.2, -0.15) is 0 Å². The number of ketones is 1. The SMILES string of the molecule is CC(=O)OC1CC2C3CCC(C(=O)CBr)C3(C)CCC2C2(C)CCC(O)CC12. The molecule has 4 rings (SSSR count). The molecule has 0 spiro atoms. The first kappa shape index (κ1) is 20.8. The molecule has 1 N–H and O–H groups in total. The van der Waals surface area contributed by atoms with E-state index in [4.69, 9.17) is 4.74 Å². The largest absolute Gasteiger partial charge is 0.462 e. The molecule has 0 radical (unpaired) electrons. The van der Waals surface area contributed by atoms with Gasteiger partial charge in [0.25, 0.3) is 0 Å². The molecule has 4 nitrogen and oxygen atoms in total. The average Bonchev–Trinajstić information content (AvgIpc) is 2.99. The van der Waals surface area contributed by atoms with Gasteiger partial charge in [0.2, 0.25) is 0 Å². The number of carbonyl (C=O) groups is 2. The minimum atomic E-state index is -0.269. The van der Waals surface area contributed by atoms with Crippen LogP contribution in [-0.2, 0) is 14.3 Å². The maximum Gasteiger partial charge on any atom is 0.302 e. The Balaban J connectivity index is 1.67. The van der Waals surface area contributed by atoms with Crippen molar-refractivity contribution in [1.82, 2.24) is 0 Å². The Bertz CT molecular complexity index is 651. The topological polar surface area (TPSA) is 63.6 Å². The molecule has 5 heteroatoms. The molecule has 0 aromatic rings. The molecule has 0 saturated heterocycles. The van der Waals surface area contributed by atoms with Crippen molar-refractivity contribution in [1.29, 1.82) is 0 Å². The van der Waals surface area contributed by atoms with Gasteiger partial charge in [-0.3, -0.25) is 9.59 Å². The fourth-order valence-electron chi connectivity index (χ4n) is 8.21. The lowest BCUT2D eigenvalue weighted by Crippen LogP contribution is -2.59. The number of aliphatic hydroxyl groups excluding tert-OH is 1. The van der Waals surface area contributed by atoms with Crippen molar-refractivity contribution < 1.29 is 19.4 Å². The van der Waals surface area contributed by atoms with E-state index in [2.05, 4.69) is 29.8 Å². The van der Waals surface area contributed by atoms with E-state index >= 15 is 0 Å². The smallest absolute Gasteiger partial charge is 0.302 e. The summed E-state index contributed by atoms with van der Waals surface area (Å²) >= 11 is 3.40. The molecule has 9 unspecified atom stereocenters. The monoisotopic (exact) mass is 454 g/mol. The van der Waals surface area contributed by atoms with Crippen LogP contribution in [0.25, 0.3) is 0 Å². The highest BCUT2D eigenvalue weighted by Crippen LogP contribution is 2.67. The summed E-state index contributed by atoms with van der Waals surface area (Å²) in [7, 11) is 0. The highest BCUT2D eigenvalue weighted by molar-refractivity contribution is 9.09. The van der Waals surface area contributed by atoms with Gasteiger partial charge in [0.15, 0.2) is 0 Å². The molecule has 0 amide bonds. The van der Waals surface area contributed by atoms with Crippen LogP contribution in [-0.4, -0.2) is 34.4 Å². The van der Waals surface area contributed by atoms with E-state index < -0.39 is 0 Å². The minimum Gasteiger partial charge on any atom is -0.462 e. The van der Waals surface area contributed by atoms with Gasteiger partial charge in [-0.1, -0.05) is 29.8 Å². The summed E-state index contributed by atoms with van der Waals surface area (Å²) in [6.07, 6.45) is 7.60. The number of hydrogen-bond donors (Lipinski definition) is 1. The molecule has 158 valence electrons. The molecule has 4 aliphatic rings. The van der Waals surface area contributed by atoms with E-state index in [1.165, 1.54) is 13.3 Å². The van der Waals surface area contributed by atoms with Crippen LogP contribution in [0.2, 0.25) is 0 Å². The van der Waals surface area contributed by atoms with Crippen LogP contribution in [0.3, 0.4) is 0 Å². The van der Waals surface area contributed by atoms with Crippen molar-refractivity contribution in [3.8, 4) is 0 Å². The molecule has 4 saturated carbocycles. The zero-order chi connectivity index (χ0) is 20.3. The van der Waals surface area contributed by atoms with Crippen LogP contribution in [0.5, 0.6) is 0 Å². The van der Waals surface area contributed by atoms with E-state index in [0.717, 1.165) is 44.9 Å². The molecule has 0 heterocycles. The van der Waals surface area contributed by atoms with Crippen LogP contribution in [0.15, 0.2) is 0 Å². The molecule has 0 aliphatic heterocycles. The van der Waals surface area contributed by atoms with Gasteiger partial charge in [-0.05, 0) is 80.0 Å². The zero-order valence-corrected chi connectivity index (χ0v) is 19.0. The number of alkyl halides is 1. The predicted molar refractivity (Wildman–Crippen MR) is 111 cm³/mol.